The van der Waals surface area contributed by atoms with Crippen molar-refractivity contribution in [3.8, 4) is 0 Å². The molecule has 2 fully saturated rings. The summed E-state index contributed by atoms with van der Waals surface area (Å²) in [5, 5.41) is 18.6. The molecule has 0 aromatic heterocycles. The van der Waals surface area contributed by atoms with Crippen LogP contribution in [0.2, 0.25) is 0 Å². The number of carboxylic acid groups (broad SMARTS) is 2. The molecule has 2 aliphatic carbocycles. The van der Waals surface area contributed by atoms with Crippen LogP contribution in [-0.2, 0) is 22.4 Å². The van der Waals surface area contributed by atoms with E-state index in [-0.39, 0.29) is 5.41 Å². The minimum atomic E-state index is -0.605. The fourth-order valence-corrected chi connectivity index (χ4v) is 4.79. The lowest BCUT2D eigenvalue weighted by Gasteiger charge is -2.14. The van der Waals surface area contributed by atoms with Gasteiger partial charge in [-0.1, -0.05) is 37.8 Å². The Morgan fingerprint density at radius 3 is 1.80 bits per heavy atom. The van der Waals surface area contributed by atoms with E-state index in [0.29, 0.717) is 0 Å². The molecule has 2 saturated carbocycles. The van der Waals surface area contributed by atoms with Gasteiger partial charge in [-0.15, -0.1) is 0 Å². The van der Waals surface area contributed by atoms with E-state index in [2.05, 4.69) is 26.0 Å². The van der Waals surface area contributed by atoms with Crippen LogP contribution in [0.1, 0.15) is 99.3 Å². The predicted octanol–water partition coefficient (Wildman–Crippen LogP) is 6.24. The molecule has 166 valence electrons. The fourth-order valence-electron chi connectivity index (χ4n) is 4.79. The van der Waals surface area contributed by atoms with E-state index in [1.54, 1.807) is 0 Å². The van der Waals surface area contributed by atoms with Crippen molar-refractivity contribution in [3.05, 3.63) is 34.4 Å². The largest absolute Gasteiger partial charge is 0.481 e. The average Bonchev–Trinajstić information content (AvgIpc) is 3.60. The molecule has 0 aliphatic heterocycles. The molecule has 3 rings (SSSR count). The highest BCUT2D eigenvalue weighted by molar-refractivity contribution is 5.78. The van der Waals surface area contributed by atoms with Crippen LogP contribution in [0.25, 0.3) is 0 Å². The van der Waals surface area contributed by atoms with E-state index >= 15 is 0 Å². The summed E-state index contributed by atoms with van der Waals surface area (Å²) in [6.45, 7) is 4.40. The van der Waals surface area contributed by atoms with Crippen LogP contribution in [0.15, 0.2) is 12.1 Å². The summed E-state index contributed by atoms with van der Waals surface area (Å²) in [6.07, 6.45) is 13.8. The molecule has 0 atom stereocenters. The second-order valence-corrected chi connectivity index (χ2v) is 9.99. The zero-order valence-corrected chi connectivity index (χ0v) is 18.8. The Morgan fingerprint density at radius 1 is 0.767 bits per heavy atom. The maximum absolute atomic E-state index is 11.3. The molecule has 1 aromatic rings. The van der Waals surface area contributed by atoms with Crippen molar-refractivity contribution in [3.63, 3.8) is 0 Å². The lowest BCUT2D eigenvalue weighted by molar-refractivity contribution is -0.144. The number of aliphatic carboxylic acids is 2. The number of carboxylic acids is 2. The van der Waals surface area contributed by atoms with E-state index in [1.807, 2.05) is 0 Å². The van der Waals surface area contributed by atoms with Gasteiger partial charge >= 0.3 is 11.9 Å². The van der Waals surface area contributed by atoms with E-state index < -0.39 is 17.4 Å². The summed E-state index contributed by atoms with van der Waals surface area (Å²) in [6, 6.07) is 4.65. The Kier molecular flexibility index (Phi) is 7.26. The second-order valence-electron chi connectivity index (χ2n) is 9.99. The van der Waals surface area contributed by atoms with Gasteiger partial charge < -0.3 is 10.2 Å². The van der Waals surface area contributed by atoms with Gasteiger partial charge in [0.25, 0.3) is 0 Å². The number of hydrogen-bond donors (Lipinski definition) is 2. The van der Waals surface area contributed by atoms with Crippen LogP contribution >= 0.6 is 0 Å². The zero-order valence-electron chi connectivity index (χ0n) is 18.8. The van der Waals surface area contributed by atoms with Crippen molar-refractivity contribution < 1.29 is 19.8 Å². The smallest absolute Gasteiger partial charge is 0.309 e. The molecule has 0 amide bonds. The average molecular weight is 415 g/mol. The minimum absolute atomic E-state index is 0.369. The molecule has 0 saturated heterocycles. The maximum atomic E-state index is 11.3. The van der Waals surface area contributed by atoms with Gasteiger partial charge in [-0.2, -0.15) is 0 Å². The van der Waals surface area contributed by atoms with Crippen molar-refractivity contribution in [2.24, 2.45) is 10.8 Å². The highest BCUT2D eigenvalue weighted by Crippen LogP contribution is 2.50. The number of rotatable bonds is 14. The SMILES string of the molecule is Cc1cc(CCCCC2(C(=O)O)CC2)cc(CCCCCCC2(C(=O)O)CC2)c1C. The lowest BCUT2D eigenvalue weighted by atomic mass is 9.92. The summed E-state index contributed by atoms with van der Waals surface area (Å²) < 4.78 is 0. The molecule has 0 unspecified atom stereocenters. The Bertz CT molecular complexity index is 771. The molecular weight excluding hydrogens is 376 g/mol. The van der Waals surface area contributed by atoms with Gasteiger partial charge in [-0.3, -0.25) is 9.59 Å². The third-order valence-corrected chi connectivity index (χ3v) is 7.67. The summed E-state index contributed by atoms with van der Waals surface area (Å²) in [5.74, 6) is -1.20. The van der Waals surface area contributed by atoms with Crippen LogP contribution in [0.5, 0.6) is 0 Å². The fraction of sp³-hybridized carbons (Fsp3) is 0.692. The molecule has 1 aromatic carbocycles. The van der Waals surface area contributed by atoms with E-state index in [1.165, 1.54) is 22.3 Å². The lowest BCUT2D eigenvalue weighted by Crippen LogP contribution is -2.14. The Hall–Kier alpha value is -1.84. The number of carbonyl (C=O) groups is 2. The highest BCUT2D eigenvalue weighted by atomic mass is 16.4. The van der Waals surface area contributed by atoms with Gasteiger partial charge in [-0.05, 0) is 100 Å². The number of unbranched alkanes of at least 4 members (excludes halogenated alkanes) is 4. The first kappa shape index (κ1) is 22.8. The molecule has 0 radical (unpaired) electrons. The molecule has 30 heavy (non-hydrogen) atoms. The Morgan fingerprint density at radius 2 is 1.27 bits per heavy atom. The van der Waals surface area contributed by atoms with Gasteiger partial charge in [0.05, 0.1) is 10.8 Å². The van der Waals surface area contributed by atoms with E-state index in [9.17, 15) is 19.8 Å². The molecule has 0 heterocycles. The van der Waals surface area contributed by atoms with E-state index in [4.69, 9.17) is 0 Å². The first-order valence-electron chi connectivity index (χ1n) is 11.8. The normalized spacial score (nSPS) is 18.2. The zero-order chi connectivity index (χ0) is 21.8. The van der Waals surface area contributed by atoms with Crippen LogP contribution in [0.4, 0.5) is 0 Å². The molecule has 0 spiro atoms. The maximum Gasteiger partial charge on any atom is 0.309 e. The second kappa shape index (κ2) is 9.53. The van der Waals surface area contributed by atoms with Crippen molar-refractivity contribution in [1.82, 2.24) is 0 Å². The van der Waals surface area contributed by atoms with Gasteiger partial charge in [-0.25, -0.2) is 0 Å². The third-order valence-electron chi connectivity index (χ3n) is 7.67. The molecule has 4 heteroatoms. The topological polar surface area (TPSA) is 74.6 Å². The Balaban J connectivity index is 1.38. The third kappa shape index (κ3) is 5.65. The molecule has 2 aliphatic rings. The monoisotopic (exact) mass is 414 g/mol. The molecule has 2 N–H and O–H groups in total. The van der Waals surface area contributed by atoms with Gasteiger partial charge in [0.15, 0.2) is 0 Å². The van der Waals surface area contributed by atoms with Gasteiger partial charge in [0.1, 0.15) is 0 Å². The molecule has 0 bridgehead atoms. The van der Waals surface area contributed by atoms with Crippen LogP contribution in [0, 0.1) is 24.7 Å². The summed E-state index contributed by atoms with van der Waals surface area (Å²) >= 11 is 0. The quantitative estimate of drug-likeness (QED) is 0.353. The first-order chi connectivity index (χ1) is 14.3. The van der Waals surface area contributed by atoms with Crippen molar-refractivity contribution in [1.29, 1.82) is 0 Å². The number of aryl methyl sites for hydroxylation is 3. The summed E-state index contributed by atoms with van der Waals surface area (Å²) in [7, 11) is 0. The van der Waals surface area contributed by atoms with Crippen molar-refractivity contribution >= 4 is 11.9 Å². The van der Waals surface area contributed by atoms with Crippen LogP contribution in [-0.4, -0.2) is 22.2 Å². The van der Waals surface area contributed by atoms with Gasteiger partial charge in [0.2, 0.25) is 0 Å². The number of hydrogen-bond acceptors (Lipinski definition) is 2. The number of benzene rings is 1. The summed E-state index contributed by atoms with van der Waals surface area (Å²) in [5.41, 5.74) is 4.81. The van der Waals surface area contributed by atoms with Crippen LogP contribution in [0.3, 0.4) is 0 Å². The molecule has 4 nitrogen and oxygen atoms in total. The summed E-state index contributed by atoms with van der Waals surface area (Å²) in [4.78, 5) is 22.5. The standard InChI is InChI=1S/C26H38O4/c1-19-17-21(9-6-8-12-26(15-16-26)24(29)30)18-22(20(19)2)10-5-3-4-7-11-25(13-14-25)23(27)28/h17-18H,3-16H2,1-2H3,(H,27,28)(H,29,30). The van der Waals surface area contributed by atoms with Crippen LogP contribution < -0.4 is 0 Å². The van der Waals surface area contributed by atoms with E-state index in [0.717, 1.165) is 89.9 Å². The molecular formula is C26H38O4. The van der Waals surface area contributed by atoms with Crippen molar-refractivity contribution in [2.75, 3.05) is 0 Å². The first-order valence-corrected chi connectivity index (χ1v) is 11.8. The predicted molar refractivity (Wildman–Crippen MR) is 119 cm³/mol. The minimum Gasteiger partial charge on any atom is -0.481 e. The van der Waals surface area contributed by atoms with Crippen molar-refractivity contribution in [2.45, 2.75) is 104 Å². The van der Waals surface area contributed by atoms with Gasteiger partial charge in [0, 0.05) is 0 Å². The highest BCUT2D eigenvalue weighted by Gasteiger charge is 2.49. The Labute approximate surface area is 181 Å².